The largest absolute Gasteiger partial charge is 0.367 e. The first-order valence-corrected chi connectivity index (χ1v) is 7.26. The van der Waals surface area contributed by atoms with Crippen molar-refractivity contribution in [3.05, 3.63) is 17.8 Å². The second kappa shape index (κ2) is 5.00. The van der Waals surface area contributed by atoms with Crippen LogP contribution in [0.15, 0.2) is 17.8 Å². The Morgan fingerprint density at radius 2 is 1.94 bits per heavy atom. The topological polar surface area (TPSA) is 37.8 Å². The minimum atomic E-state index is 0.593. The zero-order valence-corrected chi connectivity index (χ0v) is 10.7. The van der Waals surface area contributed by atoms with E-state index in [1.807, 2.05) is 0 Å². The molecule has 3 nitrogen and oxygen atoms in total. The normalized spacial score (nSPS) is 18.1. The number of nitrogens with one attached hydrogen (secondary N) is 1. The monoisotopic (exact) mass is 247 g/mol. The van der Waals surface area contributed by atoms with E-state index in [4.69, 9.17) is 0 Å². The first-order chi connectivity index (χ1) is 8.43. The van der Waals surface area contributed by atoms with Gasteiger partial charge in [-0.15, -0.1) is 11.3 Å². The maximum absolute atomic E-state index is 4.39. The van der Waals surface area contributed by atoms with Crippen LogP contribution in [0.25, 0.3) is 10.2 Å². The van der Waals surface area contributed by atoms with Gasteiger partial charge in [-0.2, -0.15) is 0 Å². The summed E-state index contributed by atoms with van der Waals surface area (Å²) in [5.74, 6) is 1.02. The summed E-state index contributed by atoms with van der Waals surface area (Å²) in [6.45, 7) is 0. The maximum Gasteiger partial charge on any atom is 0.138 e. The third kappa shape index (κ3) is 2.41. The molecule has 0 amide bonds. The van der Waals surface area contributed by atoms with Gasteiger partial charge < -0.3 is 5.32 Å². The molecule has 3 rings (SSSR count). The smallest absolute Gasteiger partial charge is 0.138 e. The molecule has 0 radical (unpaired) electrons. The van der Waals surface area contributed by atoms with Gasteiger partial charge in [0.25, 0.3) is 0 Å². The van der Waals surface area contributed by atoms with Crippen LogP contribution in [0.2, 0.25) is 0 Å². The predicted molar refractivity (Wildman–Crippen MR) is 72.5 cm³/mol. The zero-order chi connectivity index (χ0) is 11.5. The molecule has 2 aromatic rings. The van der Waals surface area contributed by atoms with Crippen LogP contribution in [0.1, 0.15) is 38.5 Å². The quantitative estimate of drug-likeness (QED) is 0.820. The number of fused-ring (bicyclic) bond motifs is 1. The summed E-state index contributed by atoms with van der Waals surface area (Å²) in [4.78, 5) is 9.75. The molecule has 0 atom stereocenters. The Bertz CT molecular complexity index is 486. The van der Waals surface area contributed by atoms with Crippen LogP contribution in [0, 0.1) is 0 Å². The molecule has 4 heteroatoms. The number of hydrogen-bond donors (Lipinski definition) is 1. The van der Waals surface area contributed by atoms with Gasteiger partial charge in [0.15, 0.2) is 0 Å². The van der Waals surface area contributed by atoms with Crippen molar-refractivity contribution < 1.29 is 0 Å². The van der Waals surface area contributed by atoms with E-state index in [1.54, 1.807) is 17.7 Å². The Morgan fingerprint density at radius 3 is 2.76 bits per heavy atom. The Morgan fingerprint density at radius 1 is 1.12 bits per heavy atom. The standard InChI is InChI=1S/C13H17N3S/c1-2-4-6-10(5-3-1)16-12-11-7-8-17-13(11)15-9-14-12/h7-10H,1-6H2,(H,14,15,16). The molecule has 0 unspecified atom stereocenters. The van der Waals surface area contributed by atoms with Crippen LogP contribution in [0.4, 0.5) is 5.82 Å². The maximum atomic E-state index is 4.39. The first-order valence-electron chi connectivity index (χ1n) is 6.38. The van der Waals surface area contributed by atoms with Gasteiger partial charge in [0.2, 0.25) is 0 Å². The minimum absolute atomic E-state index is 0.593. The highest BCUT2D eigenvalue weighted by Gasteiger charge is 2.14. The summed E-state index contributed by atoms with van der Waals surface area (Å²) in [6.07, 6.45) is 9.67. The van der Waals surface area contributed by atoms with E-state index in [2.05, 4.69) is 26.7 Å². The fourth-order valence-corrected chi connectivity index (χ4v) is 3.25. The van der Waals surface area contributed by atoms with Crippen LogP contribution in [-0.4, -0.2) is 16.0 Å². The van der Waals surface area contributed by atoms with E-state index < -0.39 is 0 Å². The second-order valence-corrected chi connectivity index (χ2v) is 5.59. The van der Waals surface area contributed by atoms with Crippen molar-refractivity contribution in [3.8, 4) is 0 Å². The summed E-state index contributed by atoms with van der Waals surface area (Å²) in [5, 5.41) is 6.85. The summed E-state index contributed by atoms with van der Waals surface area (Å²) >= 11 is 1.68. The summed E-state index contributed by atoms with van der Waals surface area (Å²) in [5.41, 5.74) is 0. The van der Waals surface area contributed by atoms with Crippen LogP contribution < -0.4 is 5.32 Å². The van der Waals surface area contributed by atoms with Gasteiger partial charge in [0.1, 0.15) is 17.0 Å². The number of aromatic nitrogens is 2. The van der Waals surface area contributed by atoms with E-state index in [-0.39, 0.29) is 0 Å². The number of thiophene rings is 1. The Kier molecular flexibility index (Phi) is 3.22. The minimum Gasteiger partial charge on any atom is -0.367 e. The average molecular weight is 247 g/mol. The van der Waals surface area contributed by atoms with Gasteiger partial charge in [-0.25, -0.2) is 9.97 Å². The highest BCUT2D eigenvalue weighted by molar-refractivity contribution is 7.16. The summed E-state index contributed by atoms with van der Waals surface area (Å²) in [7, 11) is 0. The van der Waals surface area contributed by atoms with Gasteiger partial charge in [-0.05, 0) is 24.3 Å². The Balaban J connectivity index is 1.81. The van der Waals surface area contributed by atoms with Gasteiger partial charge in [-0.3, -0.25) is 0 Å². The molecular weight excluding hydrogens is 230 g/mol. The van der Waals surface area contributed by atoms with Crippen LogP contribution >= 0.6 is 11.3 Å². The third-order valence-electron chi connectivity index (χ3n) is 3.46. The van der Waals surface area contributed by atoms with Crippen molar-refractivity contribution >= 4 is 27.4 Å². The molecule has 90 valence electrons. The van der Waals surface area contributed by atoms with Crippen molar-refractivity contribution in [3.63, 3.8) is 0 Å². The molecule has 17 heavy (non-hydrogen) atoms. The van der Waals surface area contributed by atoms with Crippen molar-refractivity contribution in [2.24, 2.45) is 0 Å². The molecule has 1 N–H and O–H groups in total. The van der Waals surface area contributed by atoms with Crippen molar-refractivity contribution in [1.82, 2.24) is 9.97 Å². The molecule has 2 heterocycles. The number of anilines is 1. The van der Waals surface area contributed by atoms with Crippen LogP contribution in [-0.2, 0) is 0 Å². The zero-order valence-electron chi connectivity index (χ0n) is 9.85. The fraction of sp³-hybridized carbons (Fsp3) is 0.538. The molecule has 0 aliphatic heterocycles. The Hall–Kier alpha value is -1.16. The number of rotatable bonds is 2. The lowest BCUT2D eigenvalue weighted by Crippen LogP contribution is -2.19. The summed E-state index contributed by atoms with van der Waals surface area (Å²) in [6, 6.07) is 2.70. The lowest BCUT2D eigenvalue weighted by atomic mass is 10.1. The van der Waals surface area contributed by atoms with Crippen molar-refractivity contribution in [1.29, 1.82) is 0 Å². The van der Waals surface area contributed by atoms with Gasteiger partial charge in [0, 0.05) is 6.04 Å². The fourth-order valence-electron chi connectivity index (χ4n) is 2.52. The first kappa shape index (κ1) is 11.0. The lowest BCUT2D eigenvalue weighted by Gasteiger charge is -2.17. The lowest BCUT2D eigenvalue weighted by molar-refractivity contribution is 0.618. The highest BCUT2D eigenvalue weighted by Crippen LogP contribution is 2.26. The van der Waals surface area contributed by atoms with E-state index in [0.29, 0.717) is 6.04 Å². The second-order valence-electron chi connectivity index (χ2n) is 4.69. The van der Waals surface area contributed by atoms with E-state index in [1.165, 1.54) is 43.9 Å². The molecule has 0 saturated heterocycles. The molecule has 1 aliphatic carbocycles. The molecule has 2 aromatic heterocycles. The molecule has 0 aromatic carbocycles. The third-order valence-corrected chi connectivity index (χ3v) is 4.28. The molecule has 0 bridgehead atoms. The molecule has 1 fully saturated rings. The van der Waals surface area contributed by atoms with Crippen molar-refractivity contribution in [2.75, 3.05) is 5.32 Å². The van der Waals surface area contributed by atoms with Gasteiger partial charge in [0.05, 0.1) is 5.39 Å². The van der Waals surface area contributed by atoms with Crippen LogP contribution in [0.5, 0.6) is 0 Å². The van der Waals surface area contributed by atoms with E-state index >= 15 is 0 Å². The molecule has 1 saturated carbocycles. The SMILES string of the molecule is c1nc(NC2CCCCCC2)c2ccsc2n1. The number of nitrogens with zero attached hydrogens (tertiary/aromatic N) is 2. The molecular formula is C13H17N3S. The van der Waals surface area contributed by atoms with Gasteiger partial charge in [-0.1, -0.05) is 25.7 Å². The Labute approximate surface area is 105 Å². The highest BCUT2D eigenvalue weighted by atomic mass is 32.1. The van der Waals surface area contributed by atoms with Gasteiger partial charge >= 0.3 is 0 Å². The van der Waals surface area contributed by atoms with Crippen molar-refractivity contribution in [2.45, 2.75) is 44.6 Å². The molecule has 1 aliphatic rings. The molecule has 0 spiro atoms. The number of hydrogen-bond acceptors (Lipinski definition) is 4. The predicted octanol–water partition coefficient (Wildman–Crippen LogP) is 3.83. The van der Waals surface area contributed by atoms with Crippen LogP contribution in [0.3, 0.4) is 0 Å². The van der Waals surface area contributed by atoms with E-state index in [0.717, 1.165) is 10.6 Å². The average Bonchev–Trinajstić information content (AvgIpc) is 2.69. The summed E-state index contributed by atoms with van der Waals surface area (Å²) < 4.78 is 0. The van der Waals surface area contributed by atoms with E-state index in [9.17, 15) is 0 Å².